The minimum atomic E-state index is -0.184. The molecule has 0 radical (unpaired) electrons. The molecule has 0 amide bonds. The molecule has 2 aromatic carbocycles. The third-order valence-corrected chi connectivity index (χ3v) is 11.0. The van der Waals surface area contributed by atoms with Gasteiger partial charge in [0, 0.05) is 0 Å². The van der Waals surface area contributed by atoms with Crippen LogP contribution in [0.15, 0.2) is 36.4 Å². The summed E-state index contributed by atoms with van der Waals surface area (Å²) in [6.07, 6.45) is 20.6. The largest absolute Gasteiger partial charge is 0.392 e. The van der Waals surface area contributed by atoms with Crippen LogP contribution in [0.2, 0.25) is 0 Å². The zero-order chi connectivity index (χ0) is 26.5. The molecule has 0 spiro atoms. The van der Waals surface area contributed by atoms with Gasteiger partial charge >= 0.3 is 0 Å². The standard InChI is InChI=1S/C36H51FO/c1-3-4-5-26-6-11-29(12-7-26)31-15-17-34-23-32(16-18-33(34)22-31)30-13-8-27(9-14-30)10-19-35-25(2)20-28(24-38)21-36(35)37/h8-9,13-14,20-21,26,29,31-34,38H,3-7,10-12,15-19,22-24H2,1-2H3. The number of fused-ring (bicyclic) bond motifs is 1. The van der Waals surface area contributed by atoms with E-state index in [0.717, 1.165) is 53.1 Å². The van der Waals surface area contributed by atoms with Crippen molar-refractivity contribution in [3.8, 4) is 0 Å². The molecule has 0 aromatic heterocycles. The highest BCUT2D eigenvalue weighted by molar-refractivity contribution is 5.34. The van der Waals surface area contributed by atoms with E-state index in [1.807, 2.05) is 13.0 Å². The van der Waals surface area contributed by atoms with Crippen molar-refractivity contribution >= 4 is 0 Å². The van der Waals surface area contributed by atoms with Crippen LogP contribution < -0.4 is 0 Å². The predicted molar refractivity (Wildman–Crippen MR) is 157 cm³/mol. The average Bonchev–Trinajstić information content (AvgIpc) is 2.95. The highest BCUT2D eigenvalue weighted by atomic mass is 19.1. The lowest BCUT2D eigenvalue weighted by Crippen LogP contribution is -2.34. The Morgan fingerprint density at radius 3 is 2.11 bits per heavy atom. The van der Waals surface area contributed by atoms with Crippen molar-refractivity contribution in [2.45, 2.75) is 123 Å². The Balaban J connectivity index is 1.09. The summed E-state index contributed by atoms with van der Waals surface area (Å²) in [4.78, 5) is 0. The third-order valence-electron chi connectivity index (χ3n) is 11.0. The molecule has 208 valence electrons. The second-order valence-electron chi connectivity index (χ2n) is 13.3. The number of aryl methyl sites for hydroxylation is 2. The fourth-order valence-corrected chi connectivity index (χ4v) is 8.58. The number of aliphatic hydroxyl groups excluding tert-OH is 1. The van der Waals surface area contributed by atoms with E-state index < -0.39 is 0 Å². The van der Waals surface area contributed by atoms with E-state index in [-0.39, 0.29) is 12.4 Å². The maximum Gasteiger partial charge on any atom is 0.127 e. The predicted octanol–water partition coefficient (Wildman–Crippen LogP) is 9.71. The van der Waals surface area contributed by atoms with Crippen LogP contribution in [0.25, 0.3) is 0 Å². The number of halogens is 1. The van der Waals surface area contributed by atoms with Crippen LogP contribution in [0.4, 0.5) is 4.39 Å². The molecule has 0 bridgehead atoms. The van der Waals surface area contributed by atoms with E-state index in [1.54, 1.807) is 0 Å². The van der Waals surface area contributed by atoms with Gasteiger partial charge in [-0.3, -0.25) is 0 Å². The van der Waals surface area contributed by atoms with Gasteiger partial charge < -0.3 is 5.11 Å². The third kappa shape index (κ3) is 6.72. The molecular weight excluding hydrogens is 467 g/mol. The molecule has 1 nitrogen and oxygen atoms in total. The Kier molecular flexibility index (Phi) is 9.63. The van der Waals surface area contributed by atoms with Crippen molar-refractivity contribution in [3.63, 3.8) is 0 Å². The molecule has 3 aliphatic rings. The zero-order valence-electron chi connectivity index (χ0n) is 24.1. The molecule has 3 saturated carbocycles. The van der Waals surface area contributed by atoms with Gasteiger partial charge in [-0.2, -0.15) is 0 Å². The molecular formula is C36H51FO. The maximum absolute atomic E-state index is 14.5. The molecule has 2 aromatic rings. The molecule has 2 heteroatoms. The summed E-state index contributed by atoms with van der Waals surface area (Å²) in [7, 11) is 0. The van der Waals surface area contributed by atoms with E-state index in [2.05, 4.69) is 31.2 Å². The van der Waals surface area contributed by atoms with Crippen molar-refractivity contribution in [3.05, 3.63) is 70.0 Å². The van der Waals surface area contributed by atoms with E-state index >= 15 is 0 Å². The zero-order valence-corrected chi connectivity index (χ0v) is 24.1. The molecule has 4 unspecified atom stereocenters. The van der Waals surface area contributed by atoms with Gasteiger partial charge in [-0.25, -0.2) is 4.39 Å². The lowest BCUT2D eigenvalue weighted by atomic mass is 9.60. The van der Waals surface area contributed by atoms with E-state index in [0.29, 0.717) is 12.0 Å². The fraction of sp³-hybridized carbons (Fsp3) is 0.667. The summed E-state index contributed by atoms with van der Waals surface area (Å²) in [5, 5.41) is 9.31. The van der Waals surface area contributed by atoms with Crippen LogP contribution >= 0.6 is 0 Å². The Labute approximate surface area is 231 Å². The highest BCUT2D eigenvalue weighted by Gasteiger charge is 2.39. The molecule has 38 heavy (non-hydrogen) atoms. The summed E-state index contributed by atoms with van der Waals surface area (Å²) in [6, 6.07) is 12.7. The first-order valence-corrected chi connectivity index (χ1v) is 16.0. The van der Waals surface area contributed by atoms with Crippen molar-refractivity contribution in [2.75, 3.05) is 0 Å². The SMILES string of the molecule is CCCCC1CCC(C2CCC3CC(c4ccc(CCc5c(C)cc(CO)cc5F)cc4)CCC3C2)CC1. The van der Waals surface area contributed by atoms with Crippen LogP contribution in [-0.4, -0.2) is 5.11 Å². The van der Waals surface area contributed by atoms with Crippen LogP contribution in [0.3, 0.4) is 0 Å². The molecule has 0 heterocycles. The Morgan fingerprint density at radius 2 is 1.42 bits per heavy atom. The monoisotopic (exact) mass is 518 g/mol. The number of aliphatic hydroxyl groups is 1. The van der Waals surface area contributed by atoms with Gasteiger partial charge in [0.1, 0.15) is 5.82 Å². The Bertz CT molecular complexity index is 995. The Hall–Kier alpha value is -1.67. The fourth-order valence-electron chi connectivity index (χ4n) is 8.58. The van der Waals surface area contributed by atoms with Crippen molar-refractivity contribution in [2.24, 2.45) is 29.6 Å². The van der Waals surface area contributed by atoms with Gasteiger partial charge in [-0.1, -0.05) is 69.4 Å². The quantitative estimate of drug-likeness (QED) is 0.350. The van der Waals surface area contributed by atoms with E-state index in [4.69, 9.17) is 0 Å². The van der Waals surface area contributed by atoms with E-state index in [1.165, 1.54) is 101 Å². The highest BCUT2D eigenvalue weighted by Crippen LogP contribution is 2.51. The number of benzene rings is 2. The van der Waals surface area contributed by atoms with Crippen LogP contribution in [-0.2, 0) is 19.4 Å². The van der Waals surface area contributed by atoms with Crippen molar-refractivity contribution in [1.82, 2.24) is 0 Å². The van der Waals surface area contributed by atoms with Crippen molar-refractivity contribution < 1.29 is 9.50 Å². The second-order valence-corrected chi connectivity index (χ2v) is 13.3. The second kappa shape index (κ2) is 13.1. The summed E-state index contributed by atoms with van der Waals surface area (Å²) in [5.74, 6) is 5.55. The summed E-state index contributed by atoms with van der Waals surface area (Å²) in [5.41, 5.74) is 5.19. The van der Waals surface area contributed by atoms with Gasteiger partial charge in [-0.15, -0.1) is 0 Å². The molecule has 5 rings (SSSR count). The Morgan fingerprint density at radius 1 is 0.763 bits per heavy atom. The first-order chi connectivity index (χ1) is 18.5. The molecule has 3 fully saturated rings. The number of unbranched alkanes of at least 4 members (excludes halogenated alkanes) is 1. The molecule has 1 N–H and O–H groups in total. The normalized spacial score (nSPS) is 29.7. The molecule has 4 atom stereocenters. The van der Waals surface area contributed by atoms with E-state index in [9.17, 15) is 9.50 Å². The van der Waals surface area contributed by atoms with Crippen LogP contribution in [0.1, 0.15) is 124 Å². The summed E-state index contributed by atoms with van der Waals surface area (Å²) >= 11 is 0. The minimum Gasteiger partial charge on any atom is -0.392 e. The molecule has 0 aliphatic heterocycles. The lowest BCUT2D eigenvalue weighted by molar-refractivity contribution is 0.0711. The summed E-state index contributed by atoms with van der Waals surface area (Å²) in [6.45, 7) is 4.17. The molecule has 0 saturated heterocycles. The van der Waals surface area contributed by atoms with Gasteiger partial charge in [0.05, 0.1) is 6.61 Å². The number of hydrogen-bond acceptors (Lipinski definition) is 1. The average molecular weight is 519 g/mol. The first-order valence-electron chi connectivity index (χ1n) is 16.0. The molecule has 3 aliphatic carbocycles. The lowest BCUT2D eigenvalue weighted by Gasteiger charge is -2.45. The first kappa shape index (κ1) is 27.9. The number of hydrogen-bond donors (Lipinski definition) is 1. The maximum atomic E-state index is 14.5. The number of rotatable bonds is 9. The summed E-state index contributed by atoms with van der Waals surface area (Å²) < 4.78 is 14.5. The van der Waals surface area contributed by atoms with Gasteiger partial charge in [0.25, 0.3) is 0 Å². The van der Waals surface area contributed by atoms with Crippen molar-refractivity contribution in [1.29, 1.82) is 0 Å². The van der Waals surface area contributed by atoms with Crippen LogP contribution in [0, 0.1) is 42.3 Å². The van der Waals surface area contributed by atoms with Gasteiger partial charge in [-0.05, 0) is 141 Å². The van der Waals surface area contributed by atoms with Crippen LogP contribution in [0.5, 0.6) is 0 Å². The van der Waals surface area contributed by atoms with Gasteiger partial charge in [0.2, 0.25) is 0 Å². The van der Waals surface area contributed by atoms with Gasteiger partial charge in [0.15, 0.2) is 0 Å². The smallest absolute Gasteiger partial charge is 0.127 e. The topological polar surface area (TPSA) is 20.2 Å². The minimum absolute atomic E-state index is 0.108.